The molecule has 0 spiro atoms. The van der Waals surface area contributed by atoms with Crippen molar-refractivity contribution in [3.8, 4) is 0 Å². The SMILES string of the molecule is CCS(=O)(=O)Nc1ccc(C(=O)N[C@@H](C)c2cc(C)ccc2C)cc1. The number of carbonyl (C=O) groups is 1. The Hall–Kier alpha value is -2.34. The maximum atomic E-state index is 12.4. The summed E-state index contributed by atoms with van der Waals surface area (Å²) in [6, 6.07) is 12.4. The van der Waals surface area contributed by atoms with E-state index in [1.807, 2.05) is 32.9 Å². The normalized spacial score (nSPS) is 12.5. The molecule has 0 aromatic heterocycles. The molecule has 0 saturated carbocycles. The Balaban J connectivity index is 2.09. The fraction of sp³-hybridized carbons (Fsp3) is 0.316. The second-order valence-electron chi connectivity index (χ2n) is 6.14. The van der Waals surface area contributed by atoms with E-state index in [-0.39, 0.29) is 17.7 Å². The van der Waals surface area contributed by atoms with Gasteiger partial charge >= 0.3 is 0 Å². The van der Waals surface area contributed by atoms with Crippen LogP contribution >= 0.6 is 0 Å². The van der Waals surface area contributed by atoms with Crippen molar-refractivity contribution in [2.24, 2.45) is 0 Å². The van der Waals surface area contributed by atoms with Gasteiger partial charge in [-0.2, -0.15) is 0 Å². The quantitative estimate of drug-likeness (QED) is 0.827. The van der Waals surface area contributed by atoms with Gasteiger partial charge in [-0.3, -0.25) is 9.52 Å². The summed E-state index contributed by atoms with van der Waals surface area (Å²) in [6.07, 6.45) is 0. The Labute approximate surface area is 149 Å². The molecular weight excluding hydrogens is 336 g/mol. The van der Waals surface area contributed by atoms with Gasteiger partial charge < -0.3 is 5.32 Å². The maximum absolute atomic E-state index is 12.4. The standard InChI is InChI=1S/C19H24N2O3S/c1-5-25(23,24)21-17-10-8-16(9-11-17)19(22)20-15(4)18-12-13(2)6-7-14(18)3/h6-12,15,21H,5H2,1-4H3,(H,20,22)/t15-/m0/s1. The maximum Gasteiger partial charge on any atom is 0.251 e. The molecular formula is C19H24N2O3S. The molecule has 0 unspecified atom stereocenters. The van der Waals surface area contributed by atoms with E-state index < -0.39 is 10.0 Å². The summed E-state index contributed by atoms with van der Waals surface area (Å²) in [5.74, 6) is -0.193. The van der Waals surface area contributed by atoms with E-state index in [0.29, 0.717) is 11.3 Å². The van der Waals surface area contributed by atoms with E-state index in [1.165, 1.54) is 0 Å². The van der Waals surface area contributed by atoms with Crippen LogP contribution < -0.4 is 10.0 Å². The summed E-state index contributed by atoms with van der Waals surface area (Å²) in [7, 11) is -3.32. The van der Waals surface area contributed by atoms with Crippen LogP contribution in [0.3, 0.4) is 0 Å². The minimum atomic E-state index is -3.32. The van der Waals surface area contributed by atoms with Crippen molar-refractivity contribution in [3.63, 3.8) is 0 Å². The number of amides is 1. The molecule has 134 valence electrons. The van der Waals surface area contributed by atoms with Crippen LogP contribution in [0.2, 0.25) is 0 Å². The fourth-order valence-corrected chi connectivity index (χ4v) is 3.17. The summed E-state index contributed by atoms with van der Waals surface area (Å²) >= 11 is 0. The van der Waals surface area contributed by atoms with Crippen LogP contribution in [0.5, 0.6) is 0 Å². The van der Waals surface area contributed by atoms with Gasteiger partial charge in [0.2, 0.25) is 10.0 Å². The number of nitrogens with one attached hydrogen (secondary N) is 2. The number of rotatable bonds is 6. The minimum Gasteiger partial charge on any atom is -0.346 e. The summed E-state index contributed by atoms with van der Waals surface area (Å²) in [4.78, 5) is 12.4. The van der Waals surface area contributed by atoms with Gasteiger partial charge in [0.05, 0.1) is 11.8 Å². The third-order valence-electron chi connectivity index (χ3n) is 4.05. The Morgan fingerprint density at radius 1 is 1.08 bits per heavy atom. The van der Waals surface area contributed by atoms with Crippen molar-refractivity contribution in [1.82, 2.24) is 5.32 Å². The molecule has 0 aliphatic heterocycles. The lowest BCUT2D eigenvalue weighted by Crippen LogP contribution is -2.27. The highest BCUT2D eigenvalue weighted by Gasteiger charge is 2.14. The predicted octanol–water partition coefficient (Wildman–Crippen LogP) is 3.56. The molecule has 5 nitrogen and oxygen atoms in total. The number of anilines is 1. The monoisotopic (exact) mass is 360 g/mol. The van der Waals surface area contributed by atoms with Crippen molar-refractivity contribution in [2.45, 2.75) is 33.7 Å². The number of benzene rings is 2. The van der Waals surface area contributed by atoms with Gasteiger partial charge in [0, 0.05) is 11.3 Å². The summed E-state index contributed by atoms with van der Waals surface area (Å²) in [6.45, 7) is 7.56. The van der Waals surface area contributed by atoms with Crippen LogP contribution in [0.4, 0.5) is 5.69 Å². The minimum absolute atomic E-state index is 0.00258. The molecule has 0 fully saturated rings. The molecule has 0 radical (unpaired) electrons. The molecule has 0 aliphatic carbocycles. The number of carbonyl (C=O) groups excluding carboxylic acids is 1. The van der Waals surface area contributed by atoms with Crippen molar-refractivity contribution < 1.29 is 13.2 Å². The van der Waals surface area contributed by atoms with Crippen molar-refractivity contribution in [2.75, 3.05) is 10.5 Å². The van der Waals surface area contributed by atoms with Crippen LogP contribution in [0, 0.1) is 13.8 Å². The van der Waals surface area contributed by atoms with E-state index in [9.17, 15) is 13.2 Å². The van der Waals surface area contributed by atoms with Crippen LogP contribution in [0.1, 0.15) is 46.9 Å². The summed E-state index contributed by atoms with van der Waals surface area (Å²) in [5.41, 5.74) is 4.29. The van der Waals surface area contributed by atoms with E-state index >= 15 is 0 Å². The molecule has 1 atom stereocenters. The number of sulfonamides is 1. The number of hydrogen-bond donors (Lipinski definition) is 2. The smallest absolute Gasteiger partial charge is 0.251 e. The van der Waals surface area contributed by atoms with Gasteiger partial charge in [0.15, 0.2) is 0 Å². The third-order valence-corrected chi connectivity index (χ3v) is 5.36. The van der Waals surface area contributed by atoms with E-state index in [2.05, 4.69) is 16.1 Å². The second kappa shape index (κ2) is 7.70. The highest BCUT2D eigenvalue weighted by molar-refractivity contribution is 7.92. The fourth-order valence-electron chi connectivity index (χ4n) is 2.53. The lowest BCUT2D eigenvalue weighted by Gasteiger charge is -2.17. The molecule has 1 amide bonds. The van der Waals surface area contributed by atoms with Gasteiger partial charge in [-0.15, -0.1) is 0 Å². The van der Waals surface area contributed by atoms with Gasteiger partial charge in [0.1, 0.15) is 0 Å². The first kappa shape index (κ1) is 19.0. The lowest BCUT2D eigenvalue weighted by molar-refractivity contribution is 0.0940. The average Bonchev–Trinajstić information content (AvgIpc) is 2.57. The molecule has 2 N–H and O–H groups in total. The first-order valence-electron chi connectivity index (χ1n) is 8.20. The van der Waals surface area contributed by atoms with E-state index in [4.69, 9.17) is 0 Å². The molecule has 0 bridgehead atoms. The third kappa shape index (κ3) is 5.06. The Morgan fingerprint density at radius 3 is 2.32 bits per heavy atom. The van der Waals surface area contributed by atoms with Crippen molar-refractivity contribution >= 4 is 21.6 Å². The van der Waals surface area contributed by atoms with E-state index in [0.717, 1.165) is 16.7 Å². The van der Waals surface area contributed by atoms with Crippen LogP contribution in [-0.2, 0) is 10.0 Å². The zero-order chi connectivity index (χ0) is 18.6. The predicted molar refractivity (Wildman–Crippen MR) is 101 cm³/mol. The lowest BCUT2D eigenvalue weighted by atomic mass is 9.99. The summed E-state index contributed by atoms with van der Waals surface area (Å²) in [5, 5.41) is 2.98. The van der Waals surface area contributed by atoms with Gasteiger partial charge in [-0.25, -0.2) is 8.42 Å². The van der Waals surface area contributed by atoms with Crippen LogP contribution in [-0.4, -0.2) is 20.1 Å². The van der Waals surface area contributed by atoms with Crippen LogP contribution in [0.25, 0.3) is 0 Å². The Kier molecular flexibility index (Phi) is 5.85. The molecule has 2 rings (SSSR count). The molecule has 6 heteroatoms. The highest BCUT2D eigenvalue weighted by Crippen LogP contribution is 2.20. The van der Waals surface area contributed by atoms with Gasteiger partial charge in [-0.05, 0) is 63.1 Å². The van der Waals surface area contributed by atoms with Gasteiger partial charge in [-0.1, -0.05) is 23.8 Å². The Bertz CT molecular complexity index is 859. The topological polar surface area (TPSA) is 75.3 Å². The zero-order valence-corrected chi connectivity index (χ0v) is 15.8. The first-order chi connectivity index (χ1) is 11.7. The Morgan fingerprint density at radius 2 is 1.72 bits per heavy atom. The van der Waals surface area contributed by atoms with Crippen LogP contribution in [0.15, 0.2) is 42.5 Å². The molecule has 0 aliphatic rings. The molecule has 2 aromatic carbocycles. The number of hydrogen-bond acceptors (Lipinski definition) is 3. The molecule has 2 aromatic rings. The van der Waals surface area contributed by atoms with E-state index in [1.54, 1.807) is 31.2 Å². The number of aryl methyl sites for hydroxylation is 2. The second-order valence-corrected chi connectivity index (χ2v) is 8.15. The largest absolute Gasteiger partial charge is 0.346 e. The summed E-state index contributed by atoms with van der Waals surface area (Å²) < 4.78 is 25.6. The van der Waals surface area contributed by atoms with Crippen molar-refractivity contribution in [1.29, 1.82) is 0 Å². The van der Waals surface area contributed by atoms with Gasteiger partial charge in [0.25, 0.3) is 5.91 Å². The highest BCUT2D eigenvalue weighted by atomic mass is 32.2. The molecule has 0 heterocycles. The molecule has 0 saturated heterocycles. The van der Waals surface area contributed by atoms with Crippen molar-refractivity contribution in [3.05, 3.63) is 64.7 Å². The molecule has 25 heavy (non-hydrogen) atoms. The zero-order valence-electron chi connectivity index (χ0n) is 15.0. The first-order valence-corrected chi connectivity index (χ1v) is 9.85. The average molecular weight is 360 g/mol.